The van der Waals surface area contributed by atoms with E-state index in [0.717, 1.165) is 25.9 Å². The van der Waals surface area contributed by atoms with E-state index in [1.807, 2.05) is 7.05 Å². The molecular weight excluding hydrogens is 192 g/mol. The maximum Gasteiger partial charge on any atom is 0.248 e. The van der Waals surface area contributed by atoms with E-state index in [-0.39, 0.29) is 12.0 Å². The van der Waals surface area contributed by atoms with Gasteiger partial charge < -0.3 is 15.4 Å². The van der Waals surface area contributed by atoms with E-state index in [0.29, 0.717) is 6.61 Å². The van der Waals surface area contributed by atoms with Crippen molar-refractivity contribution in [3.63, 3.8) is 0 Å². The van der Waals surface area contributed by atoms with Crippen LogP contribution in [0.4, 0.5) is 0 Å². The van der Waals surface area contributed by atoms with Gasteiger partial charge in [0.25, 0.3) is 0 Å². The molecule has 0 aromatic carbocycles. The van der Waals surface area contributed by atoms with E-state index in [9.17, 15) is 4.79 Å². The molecule has 0 aromatic heterocycles. The topological polar surface area (TPSA) is 50.4 Å². The van der Waals surface area contributed by atoms with Gasteiger partial charge in [0.15, 0.2) is 0 Å². The van der Waals surface area contributed by atoms with Crippen molar-refractivity contribution in [2.24, 2.45) is 0 Å². The van der Waals surface area contributed by atoms with Crippen LogP contribution in [0.15, 0.2) is 0 Å². The molecule has 1 atom stereocenters. The fourth-order valence-electron chi connectivity index (χ4n) is 1.14. The van der Waals surface area contributed by atoms with Gasteiger partial charge in [-0.3, -0.25) is 4.79 Å². The third-order valence-electron chi connectivity index (χ3n) is 2.17. The monoisotopic (exact) mass is 216 g/mol. The predicted molar refractivity (Wildman–Crippen MR) is 61.9 cm³/mol. The molecule has 4 nitrogen and oxygen atoms in total. The number of carbonyl (C=O) groups is 1. The average Bonchev–Trinajstić information content (AvgIpc) is 2.24. The molecular formula is C11H24N2O2. The summed E-state index contributed by atoms with van der Waals surface area (Å²) in [6, 6.07) is 0. The zero-order valence-electron chi connectivity index (χ0n) is 10.1. The number of ether oxygens (including phenoxy) is 1. The molecule has 0 aliphatic carbocycles. The van der Waals surface area contributed by atoms with Crippen molar-refractivity contribution in [3.8, 4) is 0 Å². The minimum atomic E-state index is -0.347. The Kier molecular flexibility index (Phi) is 9.52. The Hall–Kier alpha value is -0.610. The number of rotatable bonds is 9. The second kappa shape index (κ2) is 9.93. The molecule has 90 valence electrons. The lowest BCUT2D eigenvalue weighted by Crippen LogP contribution is -2.36. The van der Waals surface area contributed by atoms with Gasteiger partial charge in [0.1, 0.15) is 6.10 Å². The molecule has 1 unspecified atom stereocenters. The molecule has 0 spiro atoms. The molecule has 4 heteroatoms. The SMILES string of the molecule is CCCCCNC(=O)C(C)OCCNC. The summed E-state index contributed by atoms with van der Waals surface area (Å²) in [7, 11) is 1.86. The van der Waals surface area contributed by atoms with Crippen molar-refractivity contribution in [2.75, 3.05) is 26.7 Å². The number of likely N-dealkylation sites (N-methyl/N-ethyl adjacent to an activating group) is 1. The van der Waals surface area contributed by atoms with Gasteiger partial charge in [0.05, 0.1) is 6.61 Å². The lowest BCUT2D eigenvalue weighted by molar-refractivity contribution is -0.131. The first-order valence-electron chi connectivity index (χ1n) is 5.76. The van der Waals surface area contributed by atoms with Crippen LogP contribution < -0.4 is 10.6 Å². The first kappa shape index (κ1) is 14.4. The van der Waals surface area contributed by atoms with Gasteiger partial charge in [-0.1, -0.05) is 19.8 Å². The summed E-state index contributed by atoms with van der Waals surface area (Å²) in [6.45, 7) is 6.02. The molecule has 15 heavy (non-hydrogen) atoms. The zero-order valence-corrected chi connectivity index (χ0v) is 10.1. The largest absolute Gasteiger partial charge is 0.367 e. The van der Waals surface area contributed by atoms with Crippen LogP contribution in [-0.2, 0) is 9.53 Å². The highest BCUT2D eigenvalue weighted by molar-refractivity contribution is 5.80. The van der Waals surface area contributed by atoms with E-state index < -0.39 is 0 Å². The van der Waals surface area contributed by atoms with Crippen LogP contribution in [0.25, 0.3) is 0 Å². The fourth-order valence-corrected chi connectivity index (χ4v) is 1.14. The van der Waals surface area contributed by atoms with Crippen molar-refractivity contribution in [1.82, 2.24) is 10.6 Å². The Morgan fingerprint density at radius 1 is 1.33 bits per heavy atom. The summed E-state index contributed by atoms with van der Waals surface area (Å²) >= 11 is 0. The average molecular weight is 216 g/mol. The highest BCUT2D eigenvalue weighted by atomic mass is 16.5. The number of nitrogens with one attached hydrogen (secondary N) is 2. The molecule has 0 rings (SSSR count). The highest BCUT2D eigenvalue weighted by Crippen LogP contribution is 1.93. The smallest absolute Gasteiger partial charge is 0.248 e. The Balaban J connectivity index is 3.42. The van der Waals surface area contributed by atoms with E-state index in [1.165, 1.54) is 6.42 Å². The molecule has 1 amide bonds. The summed E-state index contributed by atoms with van der Waals surface area (Å²) in [5.74, 6) is -0.0118. The normalized spacial score (nSPS) is 12.5. The molecule has 0 bridgehead atoms. The van der Waals surface area contributed by atoms with Crippen molar-refractivity contribution >= 4 is 5.91 Å². The van der Waals surface area contributed by atoms with E-state index in [1.54, 1.807) is 6.92 Å². The molecule has 0 aliphatic heterocycles. The van der Waals surface area contributed by atoms with Crippen molar-refractivity contribution in [3.05, 3.63) is 0 Å². The van der Waals surface area contributed by atoms with Gasteiger partial charge in [-0.05, 0) is 20.4 Å². The third-order valence-corrected chi connectivity index (χ3v) is 2.17. The Morgan fingerprint density at radius 3 is 2.67 bits per heavy atom. The molecule has 0 aliphatic rings. The molecule has 0 saturated heterocycles. The summed E-state index contributed by atoms with van der Waals surface area (Å²) in [6.07, 6.45) is 3.03. The molecule has 0 saturated carbocycles. The van der Waals surface area contributed by atoms with E-state index >= 15 is 0 Å². The third kappa shape index (κ3) is 8.39. The summed E-state index contributed by atoms with van der Waals surface area (Å²) < 4.78 is 5.33. The molecule has 0 aromatic rings. The molecule has 2 N–H and O–H groups in total. The molecule has 0 fully saturated rings. The van der Waals surface area contributed by atoms with Crippen LogP contribution in [0, 0.1) is 0 Å². The maximum absolute atomic E-state index is 11.4. The van der Waals surface area contributed by atoms with Gasteiger partial charge in [0.2, 0.25) is 5.91 Å². The van der Waals surface area contributed by atoms with Gasteiger partial charge in [-0.2, -0.15) is 0 Å². The van der Waals surface area contributed by atoms with Crippen molar-refractivity contribution < 1.29 is 9.53 Å². The van der Waals surface area contributed by atoms with Crippen LogP contribution >= 0.6 is 0 Å². The van der Waals surface area contributed by atoms with Crippen molar-refractivity contribution in [2.45, 2.75) is 39.2 Å². The summed E-state index contributed by atoms with van der Waals surface area (Å²) in [4.78, 5) is 11.4. The quantitative estimate of drug-likeness (QED) is 0.563. The second-order valence-electron chi connectivity index (χ2n) is 3.61. The fraction of sp³-hybridized carbons (Fsp3) is 0.909. The minimum absolute atomic E-state index is 0.0118. The van der Waals surface area contributed by atoms with Crippen LogP contribution in [-0.4, -0.2) is 38.8 Å². The van der Waals surface area contributed by atoms with Gasteiger partial charge >= 0.3 is 0 Å². The highest BCUT2D eigenvalue weighted by Gasteiger charge is 2.11. The first-order chi connectivity index (χ1) is 7.22. The number of unbranched alkanes of at least 4 members (excludes halogenated alkanes) is 2. The van der Waals surface area contributed by atoms with Crippen LogP contribution in [0.2, 0.25) is 0 Å². The molecule has 0 heterocycles. The first-order valence-corrected chi connectivity index (χ1v) is 5.76. The Labute approximate surface area is 92.8 Å². The van der Waals surface area contributed by atoms with Gasteiger partial charge in [-0.15, -0.1) is 0 Å². The van der Waals surface area contributed by atoms with Gasteiger partial charge in [-0.25, -0.2) is 0 Å². The standard InChI is InChI=1S/C11H24N2O2/c1-4-5-6-7-13-11(14)10(2)15-9-8-12-3/h10,12H,4-9H2,1-3H3,(H,13,14). The second-order valence-corrected chi connectivity index (χ2v) is 3.61. The zero-order chi connectivity index (χ0) is 11.5. The van der Waals surface area contributed by atoms with E-state index in [2.05, 4.69) is 17.6 Å². The number of carbonyl (C=O) groups excluding carboxylic acids is 1. The van der Waals surface area contributed by atoms with Gasteiger partial charge in [0, 0.05) is 13.1 Å². The van der Waals surface area contributed by atoms with Crippen molar-refractivity contribution in [1.29, 1.82) is 0 Å². The molecule has 0 radical (unpaired) electrons. The maximum atomic E-state index is 11.4. The summed E-state index contributed by atoms with van der Waals surface area (Å²) in [5.41, 5.74) is 0. The Morgan fingerprint density at radius 2 is 2.07 bits per heavy atom. The summed E-state index contributed by atoms with van der Waals surface area (Å²) in [5, 5.41) is 5.82. The number of hydrogen-bond donors (Lipinski definition) is 2. The van der Waals surface area contributed by atoms with E-state index in [4.69, 9.17) is 4.74 Å². The lowest BCUT2D eigenvalue weighted by Gasteiger charge is -2.12. The van der Waals surface area contributed by atoms with Crippen LogP contribution in [0.1, 0.15) is 33.1 Å². The van der Waals surface area contributed by atoms with Crippen LogP contribution in [0.5, 0.6) is 0 Å². The lowest BCUT2D eigenvalue weighted by atomic mass is 10.2. The minimum Gasteiger partial charge on any atom is -0.367 e. The number of amides is 1. The Bertz CT molecular complexity index is 163. The number of hydrogen-bond acceptors (Lipinski definition) is 3. The van der Waals surface area contributed by atoms with Crippen LogP contribution in [0.3, 0.4) is 0 Å². The predicted octanol–water partition coefficient (Wildman–Crippen LogP) is 0.917.